The lowest BCUT2D eigenvalue weighted by Gasteiger charge is -2.12. The molecule has 0 atom stereocenters. The van der Waals surface area contributed by atoms with Crippen molar-refractivity contribution in [2.24, 2.45) is 10.9 Å². The molecule has 0 bridgehead atoms. The van der Waals surface area contributed by atoms with Crippen LogP contribution in [0.5, 0.6) is 0 Å². The van der Waals surface area contributed by atoms with E-state index in [-0.39, 0.29) is 5.84 Å². The minimum Gasteiger partial charge on any atom is -0.409 e. The lowest BCUT2D eigenvalue weighted by atomic mass is 10.1. The highest BCUT2D eigenvalue weighted by Gasteiger charge is 2.20. The summed E-state index contributed by atoms with van der Waals surface area (Å²) in [7, 11) is 0. The van der Waals surface area contributed by atoms with Gasteiger partial charge in [-0.2, -0.15) is 9.78 Å². The number of nitrogens with two attached hydrogens (primary N) is 1. The molecule has 21 heavy (non-hydrogen) atoms. The number of aryl methyl sites for hydroxylation is 3. The zero-order chi connectivity index (χ0) is 15.6. The first kappa shape index (κ1) is 14.9. The smallest absolute Gasteiger partial charge is 0.189 e. The number of rotatable bonds is 4. The van der Waals surface area contributed by atoms with Gasteiger partial charge in [0.15, 0.2) is 17.5 Å². The average molecular weight is 289 g/mol. The highest BCUT2D eigenvalue weighted by Crippen LogP contribution is 2.18. The van der Waals surface area contributed by atoms with Crippen molar-refractivity contribution in [1.29, 1.82) is 0 Å². The van der Waals surface area contributed by atoms with E-state index in [0.717, 1.165) is 23.6 Å². The summed E-state index contributed by atoms with van der Waals surface area (Å²) in [6, 6.07) is 0. The quantitative estimate of drug-likeness (QED) is 0.374. The van der Waals surface area contributed by atoms with Gasteiger partial charge in [-0.3, -0.25) is 0 Å². The van der Waals surface area contributed by atoms with Gasteiger partial charge in [-0.25, -0.2) is 4.98 Å². The Labute approximate surface area is 122 Å². The van der Waals surface area contributed by atoms with Gasteiger partial charge < -0.3 is 10.9 Å². The maximum absolute atomic E-state index is 9.02. The Hall–Kier alpha value is -2.51. The molecular formula is C13H19N7O. The van der Waals surface area contributed by atoms with Crippen LogP contribution in [0.15, 0.2) is 5.16 Å². The molecule has 0 radical (unpaired) electrons. The Morgan fingerprint density at radius 3 is 2.52 bits per heavy atom. The molecule has 0 aliphatic carbocycles. The third-order valence-corrected chi connectivity index (χ3v) is 3.35. The van der Waals surface area contributed by atoms with Gasteiger partial charge in [0.2, 0.25) is 0 Å². The minimum atomic E-state index is -0.0175. The van der Waals surface area contributed by atoms with Crippen LogP contribution in [0, 0.1) is 13.8 Å². The predicted octanol–water partition coefficient (Wildman–Crippen LogP) is 0.893. The molecule has 2 rings (SSSR count). The molecule has 2 aromatic rings. The normalized spacial score (nSPS) is 11.9. The Kier molecular flexibility index (Phi) is 4.15. The second-order valence-corrected chi connectivity index (χ2v) is 4.66. The number of oxime groups is 1. The van der Waals surface area contributed by atoms with Crippen LogP contribution in [0.1, 0.15) is 42.3 Å². The highest BCUT2D eigenvalue weighted by molar-refractivity contribution is 6.01. The second kappa shape index (κ2) is 5.86. The Balaban J connectivity index is 2.75. The predicted molar refractivity (Wildman–Crippen MR) is 77.7 cm³/mol. The zero-order valence-corrected chi connectivity index (χ0v) is 12.6. The molecule has 0 saturated heterocycles. The van der Waals surface area contributed by atoms with Crippen LogP contribution in [0.25, 0.3) is 5.82 Å². The van der Waals surface area contributed by atoms with Gasteiger partial charge in [0.1, 0.15) is 5.82 Å². The summed E-state index contributed by atoms with van der Waals surface area (Å²) >= 11 is 0. The van der Waals surface area contributed by atoms with Crippen molar-refractivity contribution in [2.75, 3.05) is 0 Å². The van der Waals surface area contributed by atoms with Gasteiger partial charge in [0.05, 0.1) is 11.3 Å². The molecule has 0 fully saturated rings. The van der Waals surface area contributed by atoms with E-state index in [1.165, 1.54) is 0 Å². The Bertz CT molecular complexity index is 690. The molecule has 0 aromatic carbocycles. The van der Waals surface area contributed by atoms with Crippen molar-refractivity contribution < 1.29 is 5.21 Å². The molecule has 2 heterocycles. The van der Waals surface area contributed by atoms with Gasteiger partial charge in [0.25, 0.3) is 0 Å². The van der Waals surface area contributed by atoms with Crippen LogP contribution in [0.3, 0.4) is 0 Å². The molecule has 0 aliphatic heterocycles. The molecule has 8 nitrogen and oxygen atoms in total. The lowest BCUT2D eigenvalue weighted by molar-refractivity contribution is 0.318. The summed E-state index contributed by atoms with van der Waals surface area (Å²) in [6.45, 7) is 7.64. The third kappa shape index (κ3) is 2.56. The second-order valence-electron chi connectivity index (χ2n) is 4.66. The first-order valence-electron chi connectivity index (χ1n) is 6.80. The molecule has 0 aliphatic rings. The largest absolute Gasteiger partial charge is 0.409 e. The van der Waals surface area contributed by atoms with Crippen molar-refractivity contribution >= 4 is 5.84 Å². The van der Waals surface area contributed by atoms with Crippen molar-refractivity contribution in [1.82, 2.24) is 25.0 Å². The standard InChI is InChI=1S/C13H19N7O/c1-5-9-15-10(6-2)20(18-9)13-11(12(14)19-21)7(3)8(4)16-17-13/h21H,5-6H2,1-4H3,(H2,14,19). The molecule has 0 spiro atoms. The maximum Gasteiger partial charge on any atom is 0.189 e. The van der Waals surface area contributed by atoms with E-state index in [2.05, 4.69) is 25.4 Å². The van der Waals surface area contributed by atoms with Crippen LogP contribution in [-0.4, -0.2) is 36.0 Å². The Morgan fingerprint density at radius 1 is 1.24 bits per heavy atom. The van der Waals surface area contributed by atoms with Crippen LogP contribution in [0.4, 0.5) is 0 Å². The highest BCUT2D eigenvalue weighted by atomic mass is 16.4. The minimum absolute atomic E-state index is 0.0175. The van der Waals surface area contributed by atoms with Crippen LogP contribution < -0.4 is 5.73 Å². The fourth-order valence-corrected chi connectivity index (χ4v) is 2.04. The summed E-state index contributed by atoms with van der Waals surface area (Å²) in [6.07, 6.45) is 1.41. The number of amidine groups is 1. The average Bonchev–Trinajstić information content (AvgIpc) is 2.92. The number of hydrogen-bond acceptors (Lipinski definition) is 6. The Morgan fingerprint density at radius 2 is 1.95 bits per heavy atom. The fraction of sp³-hybridized carbons (Fsp3) is 0.462. The third-order valence-electron chi connectivity index (χ3n) is 3.35. The van der Waals surface area contributed by atoms with E-state index < -0.39 is 0 Å². The monoisotopic (exact) mass is 289 g/mol. The van der Waals surface area contributed by atoms with E-state index in [1.807, 2.05) is 27.7 Å². The zero-order valence-electron chi connectivity index (χ0n) is 12.6. The van der Waals surface area contributed by atoms with Crippen LogP contribution in [-0.2, 0) is 12.8 Å². The van der Waals surface area contributed by atoms with Crippen molar-refractivity contribution in [3.05, 3.63) is 28.5 Å². The van der Waals surface area contributed by atoms with Gasteiger partial charge >= 0.3 is 0 Å². The van der Waals surface area contributed by atoms with E-state index in [0.29, 0.717) is 23.5 Å². The van der Waals surface area contributed by atoms with E-state index >= 15 is 0 Å². The first-order chi connectivity index (χ1) is 10.0. The fourth-order valence-electron chi connectivity index (χ4n) is 2.04. The van der Waals surface area contributed by atoms with Gasteiger partial charge in [0, 0.05) is 12.8 Å². The van der Waals surface area contributed by atoms with E-state index in [4.69, 9.17) is 10.9 Å². The SMILES string of the molecule is CCc1nc(CC)n(-c2nnc(C)c(C)c2C(N)=NO)n1. The van der Waals surface area contributed by atoms with Gasteiger partial charge in [-0.15, -0.1) is 10.2 Å². The molecule has 3 N–H and O–H groups in total. The summed E-state index contributed by atoms with van der Waals surface area (Å²) in [4.78, 5) is 4.44. The van der Waals surface area contributed by atoms with Crippen molar-refractivity contribution in [2.45, 2.75) is 40.5 Å². The summed E-state index contributed by atoms with van der Waals surface area (Å²) in [5.41, 5.74) is 7.84. The summed E-state index contributed by atoms with van der Waals surface area (Å²) in [5, 5.41) is 24.8. The molecule has 8 heteroatoms. The van der Waals surface area contributed by atoms with E-state index in [1.54, 1.807) is 4.68 Å². The van der Waals surface area contributed by atoms with E-state index in [9.17, 15) is 0 Å². The topological polar surface area (TPSA) is 115 Å². The van der Waals surface area contributed by atoms with Gasteiger partial charge in [-0.1, -0.05) is 19.0 Å². The number of nitrogens with zero attached hydrogens (tertiary/aromatic N) is 6. The molecule has 0 amide bonds. The molecule has 0 saturated carbocycles. The first-order valence-corrected chi connectivity index (χ1v) is 6.80. The van der Waals surface area contributed by atoms with Crippen LogP contribution in [0.2, 0.25) is 0 Å². The molecule has 2 aromatic heterocycles. The number of aromatic nitrogens is 5. The van der Waals surface area contributed by atoms with Gasteiger partial charge in [-0.05, 0) is 19.4 Å². The maximum atomic E-state index is 9.02. The number of hydrogen-bond donors (Lipinski definition) is 2. The molecular weight excluding hydrogens is 270 g/mol. The summed E-state index contributed by atoms with van der Waals surface area (Å²) in [5.74, 6) is 1.89. The molecule has 0 unspecified atom stereocenters. The van der Waals surface area contributed by atoms with Crippen LogP contribution >= 0.6 is 0 Å². The van der Waals surface area contributed by atoms with Crippen molar-refractivity contribution in [3.63, 3.8) is 0 Å². The van der Waals surface area contributed by atoms with Crippen molar-refractivity contribution in [3.8, 4) is 5.82 Å². The molecule has 112 valence electrons. The lowest BCUT2D eigenvalue weighted by Crippen LogP contribution is -2.22. The summed E-state index contributed by atoms with van der Waals surface area (Å²) < 4.78 is 1.62.